The summed E-state index contributed by atoms with van der Waals surface area (Å²) in [5, 5.41) is 19.7. The van der Waals surface area contributed by atoms with Gasteiger partial charge in [-0.25, -0.2) is 0 Å². The molecule has 2 aromatic heterocycles. The van der Waals surface area contributed by atoms with Crippen LogP contribution in [0.15, 0.2) is 34.3 Å². The van der Waals surface area contributed by atoms with Crippen LogP contribution in [0, 0.1) is 0 Å². The molecule has 0 unspecified atom stereocenters. The summed E-state index contributed by atoms with van der Waals surface area (Å²) < 4.78 is 5.50. The highest BCUT2D eigenvalue weighted by atomic mass is 32.1. The van der Waals surface area contributed by atoms with E-state index in [1.807, 2.05) is 34.3 Å². The summed E-state index contributed by atoms with van der Waals surface area (Å²) in [4.78, 5) is 24.6. The van der Waals surface area contributed by atoms with Crippen molar-refractivity contribution in [1.29, 1.82) is 0 Å². The minimum atomic E-state index is -0.700. The van der Waals surface area contributed by atoms with Gasteiger partial charge in [0.25, 0.3) is 0 Å². The number of carbonyl (C=O) groups excluding carboxylic acids is 2. The van der Waals surface area contributed by atoms with E-state index in [0.29, 0.717) is 6.54 Å². The molecule has 0 aliphatic heterocycles. The fourth-order valence-corrected chi connectivity index (χ4v) is 3.20. The minimum Gasteiger partial charge on any atom is -0.394 e. The Balaban J connectivity index is 1.79. The molecule has 0 aliphatic carbocycles. The molecule has 6 nitrogen and oxygen atoms in total. The summed E-state index contributed by atoms with van der Waals surface area (Å²) in [5.74, 6) is -1.38. The maximum Gasteiger partial charge on any atom is 0.309 e. The number of ether oxygens (including phenoxy) is 1. The molecule has 0 spiro atoms. The molecule has 1 atom stereocenters. The number of hydrogen-bond donors (Lipinski definition) is 3. The molecule has 2 aromatic rings. The van der Waals surface area contributed by atoms with E-state index in [9.17, 15) is 9.59 Å². The normalized spacial score (nSPS) is 11.9. The molecule has 2 heterocycles. The van der Waals surface area contributed by atoms with Crippen molar-refractivity contribution in [3.8, 4) is 0 Å². The molecule has 8 heteroatoms. The van der Waals surface area contributed by atoms with Crippen molar-refractivity contribution in [2.75, 3.05) is 19.8 Å². The summed E-state index contributed by atoms with van der Waals surface area (Å²) in [6.07, 6.45) is -0.387. The van der Waals surface area contributed by atoms with Crippen molar-refractivity contribution in [1.82, 2.24) is 10.6 Å². The SMILES string of the molecule is O=C(NCc1cccs1)C(=O)NC[C@@H](OCCO)c1ccsc1. The zero-order valence-electron chi connectivity index (χ0n) is 12.4. The lowest BCUT2D eigenvalue weighted by Gasteiger charge is -2.17. The lowest BCUT2D eigenvalue weighted by atomic mass is 10.2. The van der Waals surface area contributed by atoms with E-state index in [0.717, 1.165) is 10.4 Å². The monoisotopic (exact) mass is 354 g/mol. The summed E-state index contributed by atoms with van der Waals surface area (Å²) in [5.41, 5.74) is 0.905. The van der Waals surface area contributed by atoms with Crippen LogP contribution in [0.2, 0.25) is 0 Å². The Bertz CT molecular complexity index is 599. The highest BCUT2D eigenvalue weighted by Crippen LogP contribution is 2.19. The van der Waals surface area contributed by atoms with Gasteiger partial charge in [-0.05, 0) is 33.8 Å². The Morgan fingerprint density at radius 2 is 2.04 bits per heavy atom. The fraction of sp³-hybridized carbons (Fsp3) is 0.333. The smallest absolute Gasteiger partial charge is 0.309 e. The average Bonchev–Trinajstić information content (AvgIpc) is 3.25. The first-order chi connectivity index (χ1) is 11.2. The van der Waals surface area contributed by atoms with Crippen molar-refractivity contribution < 1.29 is 19.4 Å². The number of nitrogens with one attached hydrogen (secondary N) is 2. The molecular formula is C15H18N2O4S2. The predicted octanol–water partition coefficient (Wildman–Crippen LogP) is 1.29. The molecule has 0 aromatic carbocycles. The van der Waals surface area contributed by atoms with Gasteiger partial charge in [0.1, 0.15) is 6.10 Å². The largest absolute Gasteiger partial charge is 0.394 e. The molecule has 3 N–H and O–H groups in total. The van der Waals surface area contributed by atoms with Gasteiger partial charge in [0.2, 0.25) is 0 Å². The van der Waals surface area contributed by atoms with Gasteiger partial charge in [0.15, 0.2) is 0 Å². The zero-order valence-corrected chi connectivity index (χ0v) is 14.0. The van der Waals surface area contributed by atoms with Crippen LogP contribution in [0.25, 0.3) is 0 Å². The van der Waals surface area contributed by atoms with Gasteiger partial charge in [0, 0.05) is 11.4 Å². The molecule has 0 saturated heterocycles. The first-order valence-electron chi connectivity index (χ1n) is 7.03. The number of aliphatic hydroxyl groups is 1. The quantitative estimate of drug-likeness (QED) is 0.624. The number of amides is 2. The second-order valence-corrected chi connectivity index (χ2v) is 6.42. The second-order valence-electron chi connectivity index (χ2n) is 4.61. The Labute approximate surface area is 142 Å². The third-order valence-electron chi connectivity index (χ3n) is 2.98. The Morgan fingerprint density at radius 1 is 1.22 bits per heavy atom. The zero-order chi connectivity index (χ0) is 16.5. The molecule has 0 aliphatic rings. The van der Waals surface area contributed by atoms with Gasteiger partial charge < -0.3 is 20.5 Å². The lowest BCUT2D eigenvalue weighted by molar-refractivity contribution is -0.139. The maximum atomic E-state index is 11.8. The summed E-state index contributed by atoms with van der Waals surface area (Å²) in [6, 6.07) is 5.66. The van der Waals surface area contributed by atoms with E-state index < -0.39 is 11.8 Å². The van der Waals surface area contributed by atoms with Crippen molar-refractivity contribution in [2.24, 2.45) is 0 Å². The van der Waals surface area contributed by atoms with Gasteiger partial charge in [0.05, 0.1) is 19.8 Å². The van der Waals surface area contributed by atoms with E-state index in [-0.39, 0.29) is 25.9 Å². The average molecular weight is 354 g/mol. The molecule has 0 saturated carbocycles. The predicted molar refractivity (Wildman–Crippen MR) is 89.3 cm³/mol. The number of aliphatic hydroxyl groups excluding tert-OH is 1. The fourth-order valence-electron chi connectivity index (χ4n) is 1.85. The minimum absolute atomic E-state index is 0.101. The van der Waals surface area contributed by atoms with Crippen LogP contribution in [0.1, 0.15) is 16.5 Å². The standard InChI is InChI=1S/C15H18N2O4S2/c18-4-5-21-13(11-3-7-22-10-11)9-17-15(20)14(19)16-8-12-2-1-6-23-12/h1-3,6-7,10,13,18H,4-5,8-9H2,(H,16,19)(H,17,20)/t13-/m1/s1. The van der Waals surface area contributed by atoms with Crippen LogP contribution in [-0.2, 0) is 20.9 Å². The Kier molecular flexibility index (Phi) is 7.21. The second kappa shape index (κ2) is 9.41. The highest BCUT2D eigenvalue weighted by Gasteiger charge is 2.18. The first kappa shape index (κ1) is 17.6. The van der Waals surface area contributed by atoms with E-state index in [2.05, 4.69) is 10.6 Å². The van der Waals surface area contributed by atoms with Gasteiger partial charge in [-0.3, -0.25) is 9.59 Å². The third kappa shape index (κ3) is 5.76. The van der Waals surface area contributed by atoms with E-state index in [1.165, 1.54) is 22.7 Å². The van der Waals surface area contributed by atoms with Crippen LogP contribution in [0.5, 0.6) is 0 Å². The van der Waals surface area contributed by atoms with Crippen LogP contribution in [0.4, 0.5) is 0 Å². The summed E-state index contributed by atoms with van der Waals surface area (Å²) >= 11 is 3.03. The van der Waals surface area contributed by atoms with Crippen LogP contribution >= 0.6 is 22.7 Å². The van der Waals surface area contributed by atoms with Crippen molar-refractivity contribution in [3.05, 3.63) is 44.8 Å². The topological polar surface area (TPSA) is 87.7 Å². The van der Waals surface area contributed by atoms with E-state index in [1.54, 1.807) is 0 Å². The number of carbonyl (C=O) groups is 2. The van der Waals surface area contributed by atoms with Crippen LogP contribution in [-0.4, -0.2) is 36.7 Å². The molecule has 23 heavy (non-hydrogen) atoms. The van der Waals surface area contributed by atoms with Crippen molar-refractivity contribution in [3.63, 3.8) is 0 Å². The number of hydrogen-bond acceptors (Lipinski definition) is 6. The third-order valence-corrected chi connectivity index (χ3v) is 4.56. The van der Waals surface area contributed by atoms with Gasteiger partial charge in [-0.15, -0.1) is 11.3 Å². The van der Waals surface area contributed by atoms with Crippen LogP contribution < -0.4 is 10.6 Å². The Hall–Kier alpha value is -1.74. The van der Waals surface area contributed by atoms with E-state index in [4.69, 9.17) is 9.84 Å². The van der Waals surface area contributed by atoms with Gasteiger partial charge >= 0.3 is 11.8 Å². The van der Waals surface area contributed by atoms with Gasteiger partial charge in [-0.2, -0.15) is 11.3 Å². The molecule has 0 bridgehead atoms. The summed E-state index contributed by atoms with van der Waals surface area (Å²) in [6.45, 7) is 0.567. The Morgan fingerprint density at radius 3 is 2.70 bits per heavy atom. The lowest BCUT2D eigenvalue weighted by Crippen LogP contribution is -2.41. The molecular weight excluding hydrogens is 336 g/mol. The molecule has 2 rings (SSSR count). The number of thiophene rings is 2. The molecule has 0 radical (unpaired) electrons. The van der Waals surface area contributed by atoms with Gasteiger partial charge in [-0.1, -0.05) is 6.07 Å². The van der Waals surface area contributed by atoms with Crippen molar-refractivity contribution >= 4 is 34.5 Å². The molecule has 124 valence electrons. The summed E-state index contributed by atoms with van der Waals surface area (Å²) in [7, 11) is 0. The highest BCUT2D eigenvalue weighted by molar-refractivity contribution is 7.09. The van der Waals surface area contributed by atoms with Crippen LogP contribution in [0.3, 0.4) is 0 Å². The van der Waals surface area contributed by atoms with Crippen molar-refractivity contribution in [2.45, 2.75) is 12.6 Å². The van der Waals surface area contributed by atoms with E-state index >= 15 is 0 Å². The molecule has 0 fully saturated rings. The first-order valence-corrected chi connectivity index (χ1v) is 8.86. The molecule has 2 amide bonds. The maximum absolute atomic E-state index is 11.8. The number of rotatable bonds is 8.